The lowest BCUT2D eigenvalue weighted by molar-refractivity contribution is 0.814. The van der Waals surface area contributed by atoms with Crippen molar-refractivity contribution in [1.29, 1.82) is 0 Å². The molecule has 78 valence electrons. The number of halogens is 1. The summed E-state index contributed by atoms with van der Waals surface area (Å²) in [6, 6.07) is 7.61. The molecule has 2 aromatic rings. The summed E-state index contributed by atoms with van der Waals surface area (Å²) >= 11 is 3.55. The van der Waals surface area contributed by atoms with Gasteiger partial charge in [-0.05, 0) is 27.9 Å². The Labute approximate surface area is 96.5 Å². The molecule has 15 heavy (non-hydrogen) atoms. The molecular formula is C12H12BrNO. The average molecular weight is 266 g/mol. The summed E-state index contributed by atoms with van der Waals surface area (Å²) in [6.07, 6.45) is 0. The van der Waals surface area contributed by atoms with Crippen LogP contribution in [0.5, 0.6) is 0 Å². The van der Waals surface area contributed by atoms with E-state index in [0.717, 1.165) is 20.9 Å². The Morgan fingerprint density at radius 1 is 1.20 bits per heavy atom. The third-order valence-corrected chi connectivity index (χ3v) is 3.32. The molecule has 0 unspecified atom stereocenters. The van der Waals surface area contributed by atoms with Crippen LogP contribution in [0.1, 0.15) is 25.5 Å². The summed E-state index contributed by atoms with van der Waals surface area (Å²) in [6.45, 7) is 4.12. The van der Waals surface area contributed by atoms with Crippen LogP contribution in [0.2, 0.25) is 0 Å². The highest BCUT2D eigenvalue weighted by atomic mass is 79.9. The Morgan fingerprint density at radius 3 is 2.40 bits per heavy atom. The van der Waals surface area contributed by atoms with Gasteiger partial charge in [0.05, 0.1) is 0 Å². The van der Waals surface area contributed by atoms with E-state index in [2.05, 4.69) is 34.8 Å². The predicted molar refractivity (Wildman–Crippen MR) is 66.4 cm³/mol. The quantitative estimate of drug-likeness (QED) is 0.842. The molecule has 0 aliphatic rings. The molecular weight excluding hydrogens is 254 g/mol. The van der Waals surface area contributed by atoms with Crippen LogP contribution in [0.15, 0.2) is 33.5 Å². The lowest BCUT2D eigenvalue weighted by Crippen LogP contribution is -2.11. The molecule has 1 heterocycles. The number of pyridine rings is 1. The summed E-state index contributed by atoms with van der Waals surface area (Å²) in [7, 11) is 0. The first-order valence-corrected chi connectivity index (χ1v) is 5.71. The predicted octanol–water partition coefficient (Wildman–Crippen LogP) is 3.41. The number of hydrogen-bond acceptors (Lipinski definition) is 1. The third kappa shape index (κ3) is 1.72. The van der Waals surface area contributed by atoms with Gasteiger partial charge in [0.15, 0.2) is 0 Å². The lowest BCUT2D eigenvalue weighted by Gasteiger charge is -2.10. The molecule has 0 atom stereocenters. The fraction of sp³-hybridized carbons (Fsp3) is 0.250. The van der Waals surface area contributed by atoms with Crippen molar-refractivity contribution in [3.8, 4) is 0 Å². The second kappa shape index (κ2) is 3.81. The van der Waals surface area contributed by atoms with Crippen LogP contribution in [-0.4, -0.2) is 4.98 Å². The Balaban J connectivity index is 2.91. The van der Waals surface area contributed by atoms with Crippen LogP contribution < -0.4 is 5.56 Å². The van der Waals surface area contributed by atoms with Crippen LogP contribution in [0.4, 0.5) is 0 Å². The van der Waals surface area contributed by atoms with Crippen molar-refractivity contribution in [2.75, 3.05) is 0 Å². The monoisotopic (exact) mass is 265 g/mol. The minimum Gasteiger partial charge on any atom is -0.324 e. The molecule has 0 aliphatic carbocycles. The topological polar surface area (TPSA) is 32.9 Å². The summed E-state index contributed by atoms with van der Waals surface area (Å²) < 4.78 is 0.993. The van der Waals surface area contributed by atoms with Crippen molar-refractivity contribution in [3.63, 3.8) is 0 Å². The number of fused-ring (bicyclic) bond motifs is 1. The zero-order valence-corrected chi connectivity index (χ0v) is 10.3. The smallest absolute Gasteiger partial charge is 0.256 e. The third-order valence-electron chi connectivity index (χ3n) is 2.47. The molecule has 0 amide bonds. The van der Waals surface area contributed by atoms with Gasteiger partial charge in [-0.25, -0.2) is 0 Å². The molecule has 1 aromatic carbocycles. The summed E-state index contributed by atoms with van der Waals surface area (Å²) in [5.41, 5.74) is 0.941. The Bertz CT molecular complexity index is 557. The van der Waals surface area contributed by atoms with Gasteiger partial charge in [0.2, 0.25) is 0 Å². The van der Waals surface area contributed by atoms with E-state index in [4.69, 9.17) is 0 Å². The second-order valence-corrected chi connectivity index (χ2v) is 4.68. The summed E-state index contributed by atoms with van der Waals surface area (Å²) in [4.78, 5) is 14.7. The van der Waals surface area contributed by atoms with Gasteiger partial charge in [-0.1, -0.05) is 32.0 Å². The molecule has 0 fully saturated rings. The number of hydrogen-bond donors (Lipinski definition) is 1. The van der Waals surface area contributed by atoms with Gasteiger partial charge >= 0.3 is 0 Å². The highest BCUT2D eigenvalue weighted by Crippen LogP contribution is 2.28. The minimum absolute atomic E-state index is 0.0162. The normalized spacial score (nSPS) is 11.2. The Hall–Kier alpha value is -1.09. The van der Waals surface area contributed by atoms with E-state index in [1.54, 1.807) is 0 Å². The van der Waals surface area contributed by atoms with Crippen LogP contribution in [0.3, 0.4) is 0 Å². The SMILES string of the molecule is CC(C)c1[nH]c(=O)c2ccccc2c1Br. The Kier molecular flexibility index (Phi) is 2.65. The lowest BCUT2D eigenvalue weighted by atomic mass is 10.1. The zero-order valence-electron chi connectivity index (χ0n) is 8.67. The average Bonchev–Trinajstić information content (AvgIpc) is 2.23. The summed E-state index contributed by atoms with van der Waals surface area (Å²) in [5, 5.41) is 1.71. The largest absolute Gasteiger partial charge is 0.324 e. The van der Waals surface area contributed by atoms with Crippen molar-refractivity contribution in [3.05, 3.63) is 44.8 Å². The van der Waals surface area contributed by atoms with E-state index < -0.39 is 0 Å². The van der Waals surface area contributed by atoms with E-state index in [9.17, 15) is 4.79 Å². The molecule has 0 radical (unpaired) electrons. The van der Waals surface area contributed by atoms with Gasteiger partial charge in [0.1, 0.15) is 0 Å². The Morgan fingerprint density at radius 2 is 1.80 bits per heavy atom. The number of aromatic nitrogens is 1. The van der Waals surface area contributed by atoms with Gasteiger partial charge in [0, 0.05) is 20.9 Å². The fourth-order valence-electron chi connectivity index (χ4n) is 1.66. The van der Waals surface area contributed by atoms with Gasteiger partial charge in [0.25, 0.3) is 5.56 Å². The van der Waals surface area contributed by atoms with Crippen LogP contribution in [-0.2, 0) is 0 Å². The van der Waals surface area contributed by atoms with E-state index in [-0.39, 0.29) is 5.56 Å². The van der Waals surface area contributed by atoms with Crippen LogP contribution >= 0.6 is 15.9 Å². The molecule has 0 bridgehead atoms. The number of benzene rings is 1. The summed E-state index contributed by atoms with van der Waals surface area (Å²) in [5.74, 6) is 0.302. The maximum absolute atomic E-state index is 11.8. The highest BCUT2D eigenvalue weighted by Gasteiger charge is 2.10. The molecule has 0 aliphatic heterocycles. The number of rotatable bonds is 1. The standard InChI is InChI=1S/C12H12BrNO/c1-7(2)11-10(13)8-5-3-4-6-9(8)12(15)14-11/h3-7H,1-2H3,(H,14,15). The molecule has 2 nitrogen and oxygen atoms in total. The maximum Gasteiger partial charge on any atom is 0.256 e. The molecule has 2 rings (SSSR count). The van der Waals surface area contributed by atoms with Gasteiger partial charge < -0.3 is 4.98 Å². The van der Waals surface area contributed by atoms with E-state index >= 15 is 0 Å². The van der Waals surface area contributed by atoms with E-state index in [1.807, 2.05) is 24.3 Å². The van der Waals surface area contributed by atoms with Crippen molar-refractivity contribution in [1.82, 2.24) is 4.98 Å². The van der Waals surface area contributed by atoms with E-state index in [0.29, 0.717) is 5.92 Å². The van der Waals surface area contributed by atoms with Crippen LogP contribution in [0, 0.1) is 0 Å². The minimum atomic E-state index is -0.0162. The van der Waals surface area contributed by atoms with Crippen molar-refractivity contribution < 1.29 is 0 Å². The number of aromatic amines is 1. The molecule has 0 saturated carbocycles. The first-order valence-electron chi connectivity index (χ1n) is 4.91. The molecule has 0 saturated heterocycles. The highest BCUT2D eigenvalue weighted by molar-refractivity contribution is 9.10. The zero-order chi connectivity index (χ0) is 11.0. The molecule has 0 spiro atoms. The first kappa shape index (κ1) is 10.4. The number of H-pyrrole nitrogens is 1. The van der Waals surface area contributed by atoms with Crippen molar-refractivity contribution in [2.24, 2.45) is 0 Å². The molecule has 1 aromatic heterocycles. The van der Waals surface area contributed by atoms with Crippen LogP contribution in [0.25, 0.3) is 10.8 Å². The fourth-order valence-corrected chi connectivity index (χ4v) is 2.56. The van der Waals surface area contributed by atoms with Crippen molar-refractivity contribution in [2.45, 2.75) is 19.8 Å². The maximum atomic E-state index is 11.8. The first-order chi connectivity index (χ1) is 7.11. The molecule has 1 N–H and O–H groups in total. The second-order valence-electron chi connectivity index (χ2n) is 3.88. The number of nitrogens with one attached hydrogen (secondary N) is 1. The van der Waals surface area contributed by atoms with Gasteiger partial charge in [-0.2, -0.15) is 0 Å². The van der Waals surface area contributed by atoms with Gasteiger partial charge in [-0.15, -0.1) is 0 Å². The van der Waals surface area contributed by atoms with Gasteiger partial charge in [-0.3, -0.25) is 4.79 Å². The van der Waals surface area contributed by atoms with Crippen molar-refractivity contribution >= 4 is 26.7 Å². The molecule has 3 heteroatoms. The van der Waals surface area contributed by atoms with E-state index in [1.165, 1.54) is 0 Å².